The average Bonchev–Trinajstić information content (AvgIpc) is 2.84. The average molecular weight is 317 g/mol. The molecule has 1 atom stereocenters. The zero-order valence-electron chi connectivity index (χ0n) is 14.6. The highest BCUT2D eigenvalue weighted by Gasteiger charge is 2.17. The quantitative estimate of drug-likeness (QED) is 0.796. The lowest BCUT2D eigenvalue weighted by molar-refractivity contribution is -0.120. The molecular weight excluding hydrogens is 290 g/mol. The van der Waals surface area contributed by atoms with Gasteiger partial charge in [0.25, 0.3) is 0 Å². The maximum absolute atomic E-state index is 12.4. The minimum absolute atomic E-state index is 0.0749. The molecule has 1 aromatic carbocycles. The van der Waals surface area contributed by atoms with E-state index in [2.05, 4.69) is 24.3 Å². The molecule has 5 heteroatoms. The van der Waals surface area contributed by atoms with Gasteiger partial charge in [-0.15, -0.1) is 5.10 Å². The number of carbonyl (C=O) groups excluding carboxylic acids is 1. The molecule has 2 rings (SSSR count). The Kier molecular flexibility index (Phi) is 6.02. The monoisotopic (exact) mass is 317 g/mol. The highest BCUT2D eigenvalue weighted by atomic mass is 16.5. The lowest BCUT2D eigenvalue weighted by atomic mass is 9.98. The van der Waals surface area contributed by atoms with Crippen LogP contribution in [0.5, 0.6) is 5.88 Å². The van der Waals surface area contributed by atoms with Crippen LogP contribution in [0.15, 0.2) is 18.2 Å². The minimum Gasteiger partial charge on any atom is -0.476 e. The number of nitrogens with zero attached hydrogens (tertiary/aromatic N) is 2. The van der Waals surface area contributed by atoms with Crippen molar-refractivity contribution in [3.05, 3.63) is 18.2 Å². The molecule has 0 bridgehead atoms. The Labute approximate surface area is 138 Å². The summed E-state index contributed by atoms with van der Waals surface area (Å²) in [6.45, 7) is 6.72. The van der Waals surface area contributed by atoms with Crippen molar-refractivity contribution in [2.45, 2.75) is 46.5 Å². The fourth-order valence-corrected chi connectivity index (χ4v) is 2.77. The summed E-state index contributed by atoms with van der Waals surface area (Å²) in [5.74, 6) is 0.784. The number of anilines is 1. The molecule has 0 spiro atoms. The second kappa shape index (κ2) is 7.99. The molecule has 0 saturated heterocycles. The topological polar surface area (TPSA) is 56.1 Å². The van der Waals surface area contributed by atoms with Gasteiger partial charge < -0.3 is 10.1 Å². The van der Waals surface area contributed by atoms with E-state index in [1.54, 1.807) is 4.68 Å². The van der Waals surface area contributed by atoms with E-state index in [0.717, 1.165) is 42.3 Å². The molecule has 0 aliphatic carbocycles. The van der Waals surface area contributed by atoms with Crippen molar-refractivity contribution in [3.63, 3.8) is 0 Å². The van der Waals surface area contributed by atoms with E-state index in [0.29, 0.717) is 12.5 Å². The van der Waals surface area contributed by atoms with Crippen LogP contribution in [0.25, 0.3) is 10.9 Å². The number of ether oxygens (including phenoxy) is 1. The fourth-order valence-electron chi connectivity index (χ4n) is 2.77. The van der Waals surface area contributed by atoms with Crippen LogP contribution in [0.4, 0.5) is 5.69 Å². The van der Waals surface area contributed by atoms with Gasteiger partial charge in [0.15, 0.2) is 0 Å². The first-order valence-corrected chi connectivity index (χ1v) is 8.51. The molecule has 0 fully saturated rings. The number of nitrogens with one attached hydrogen (secondary N) is 1. The van der Waals surface area contributed by atoms with Crippen molar-refractivity contribution >= 4 is 22.5 Å². The minimum atomic E-state index is 0.0749. The van der Waals surface area contributed by atoms with Crippen LogP contribution in [0.2, 0.25) is 0 Å². The predicted octanol–water partition coefficient (Wildman–Crippen LogP) is 4.13. The number of aromatic nitrogens is 2. The molecule has 0 unspecified atom stereocenters. The second-order valence-electron chi connectivity index (χ2n) is 5.83. The number of carbonyl (C=O) groups is 1. The summed E-state index contributed by atoms with van der Waals surface area (Å²) in [6, 6.07) is 5.83. The van der Waals surface area contributed by atoms with Gasteiger partial charge in [-0.2, -0.15) is 0 Å². The van der Waals surface area contributed by atoms with Gasteiger partial charge >= 0.3 is 0 Å². The first-order chi connectivity index (χ1) is 11.1. The molecule has 0 aliphatic rings. The Balaban J connectivity index is 2.19. The number of benzene rings is 1. The van der Waals surface area contributed by atoms with Gasteiger partial charge in [-0.1, -0.05) is 26.7 Å². The largest absolute Gasteiger partial charge is 0.476 e. The van der Waals surface area contributed by atoms with Crippen LogP contribution in [-0.2, 0) is 11.8 Å². The zero-order valence-corrected chi connectivity index (χ0v) is 14.6. The third-order valence-electron chi connectivity index (χ3n) is 4.13. The summed E-state index contributed by atoms with van der Waals surface area (Å²) < 4.78 is 7.37. The molecule has 23 heavy (non-hydrogen) atoms. The van der Waals surface area contributed by atoms with Crippen LogP contribution in [-0.4, -0.2) is 22.3 Å². The number of hydrogen-bond acceptors (Lipinski definition) is 3. The molecule has 1 amide bonds. The van der Waals surface area contributed by atoms with E-state index >= 15 is 0 Å². The second-order valence-corrected chi connectivity index (χ2v) is 5.83. The van der Waals surface area contributed by atoms with Crippen LogP contribution in [0.1, 0.15) is 46.5 Å². The highest BCUT2D eigenvalue weighted by Crippen LogP contribution is 2.28. The summed E-state index contributed by atoms with van der Waals surface area (Å²) in [7, 11) is 1.89. The van der Waals surface area contributed by atoms with Crippen molar-refractivity contribution < 1.29 is 9.53 Å². The maximum atomic E-state index is 12.4. The Hall–Kier alpha value is -2.04. The smallest absolute Gasteiger partial charge is 0.240 e. The predicted molar refractivity (Wildman–Crippen MR) is 93.8 cm³/mol. The summed E-state index contributed by atoms with van der Waals surface area (Å²) in [6.07, 6.45) is 4.01. The molecule has 0 saturated carbocycles. The number of fused-ring (bicyclic) bond motifs is 1. The molecule has 2 aromatic rings. The summed E-state index contributed by atoms with van der Waals surface area (Å²) >= 11 is 0. The Morgan fingerprint density at radius 1 is 1.35 bits per heavy atom. The molecule has 1 heterocycles. The van der Waals surface area contributed by atoms with Gasteiger partial charge in [0, 0.05) is 18.7 Å². The van der Waals surface area contributed by atoms with Crippen molar-refractivity contribution in [1.82, 2.24) is 9.78 Å². The standard InChI is InChI=1S/C18H27N3O2/c1-5-8-9-13(6-2)17(22)19-14-10-11-16-15(12-14)18(23-7-3)20-21(16)4/h10-13H,5-9H2,1-4H3,(H,19,22)/t13-/m0/s1. The van der Waals surface area contributed by atoms with Gasteiger partial charge in [0.2, 0.25) is 11.8 Å². The highest BCUT2D eigenvalue weighted by molar-refractivity contribution is 5.96. The van der Waals surface area contributed by atoms with Crippen LogP contribution < -0.4 is 10.1 Å². The van der Waals surface area contributed by atoms with E-state index in [9.17, 15) is 4.79 Å². The van der Waals surface area contributed by atoms with Gasteiger partial charge in [-0.25, -0.2) is 0 Å². The SMILES string of the molecule is CCCC[C@H](CC)C(=O)Nc1ccc2c(c1)c(OCC)nn2C. The van der Waals surface area contributed by atoms with E-state index in [1.807, 2.05) is 32.2 Å². The summed E-state index contributed by atoms with van der Waals surface area (Å²) in [4.78, 5) is 12.4. The maximum Gasteiger partial charge on any atom is 0.240 e. The number of hydrogen-bond donors (Lipinski definition) is 1. The molecule has 126 valence electrons. The van der Waals surface area contributed by atoms with Crippen LogP contribution in [0, 0.1) is 5.92 Å². The van der Waals surface area contributed by atoms with E-state index in [4.69, 9.17) is 4.74 Å². The molecule has 1 N–H and O–H groups in total. The lowest BCUT2D eigenvalue weighted by Crippen LogP contribution is -2.22. The van der Waals surface area contributed by atoms with E-state index < -0.39 is 0 Å². The van der Waals surface area contributed by atoms with Crippen molar-refractivity contribution in [3.8, 4) is 5.88 Å². The number of unbranched alkanes of at least 4 members (excludes halogenated alkanes) is 1. The normalized spacial score (nSPS) is 12.3. The van der Waals surface area contributed by atoms with E-state index in [-0.39, 0.29) is 11.8 Å². The third kappa shape index (κ3) is 4.03. The summed E-state index contributed by atoms with van der Waals surface area (Å²) in [5, 5.41) is 8.34. The number of rotatable bonds is 8. The van der Waals surface area contributed by atoms with Crippen molar-refractivity contribution in [2.75, 3.05) is 11.9 Å². The fraction of sp³-hybridized carbons (Fsp3) is 0.556. The molecule has 0 radical (unpaired) electrons. The third-order valence-corrected chi connectivity index (χ3v) is 4.13. The van der Waals surface area contributed by atoms with Gasteiger partial charge in [0.1, 0.15) is 0 Å². The van der Waals surface area contributed by atoms with Crippen LogP contribution >= 0.6 is 0 Å². The van der Waals surface area contributed by atoms with Gasteiger partial charge in [-0.3, -0.25) is 9.48 Å². The molecule has 0 aliphatic heterocycles. The lowest BCUT2D eigenvalue weighted by Gasteiger charge is -2.14. The van der Waals surface area contributed by atoms with Gasteiger partial charge in [-0.05, 0) is 38.0 Å². The Bertz CT molecular complexity index is 664. The number of aryl methyl sites for hydroxylation is 1. The van der Waals surface area contributed by atoms with Crippen molar-refractivity contribution in [1.29, 1.82) is 0 Å². The van der Waals surface area contributed by atoms with E-state index in [1.165, 1.54) is 0 Å². The summed E-state index contributed by atoms with van der Waals surface area (Å²) in [5.41, 5.74) is 1.79. The molecular formula is C18H27N3O2. The first kappa shape index (κ1) is 17.3. The number of amides is 1. The Morgan fingerprint density at radius 2 is 2.13 bits per heavy atom. The van der Waals surface area contributed by atoms with Gasteiger partial charge in [0.05, 0.1) is 17.5 Å². The molecule has 1 aromatic heterocycles. The zero-order chi connectivity index (χ0) is 16.8. The van der Waals surface area contributed by atoms with Crippen LogP contribution in [0.3, 0.4) is 0 Å². The van der Waals surface area contributed by atoms with Crippen molar-refractivity contribution in [2.24, 2.45) is 13.0 Å². The molecule has 5 nitrogen and oxygen atoms in total. The first-order valence-electron chi connectivity index (χ1n) is 8.51. The Morgan fingerprint density at radius 3 is 2.78 bits per heavy atom.